The molecule has 0 aliphatic heterocycles. The standard InChI is InChI=1S/C25H24IN3O6/c1-3-34-21-10-6-17(7-11-21)14-24(30)28-27-15-19-12-22(26)25(23(13-19)33-2)35-16-18-4-8-20(9-5-18)29(31)32/h4-13,15H,3,14,16H2,1-2H3,(H,28,30)/b27-15+. The van der Waals surface area contributed by atoms with Gasteiger partial charge in [-0.2, -0.15) is 5.10 Å². The zero-order chi connectivity index (χ0) is 25.2. The van der Waals surface area contributed by atoms with Crippen LogP contribution in [0.2, 0.25) is 0 Å². The van der Waals surface area contributed by atoms with E-state index in [-0.39, 0.29) is 24.6 Å². The van der Waals surface area contributed by atoms with Crippen molar-refractivity contribution in [3.8, 4) is 17.2 Å². The Morgan fingerprint density at radius 1 is 1.09 bits per heavy atom. The number of hydrazone groups is 1. The molecule has 182 valence electrons. The first-order valence-electron chi connectivity index (χ1n) is 10.7. The number of nitrogens with zero attached hydrogens (tertiary/aromatic N) is 2. The highest BCUT2D eigenvalue weighted by Crippen LogP contribution is 2.34. The number of rotatable bonds is 11. The van der Waals surface area contributed by atoms with Crippen LogP contribution in [0.25, 0.3) is 0 Å². The second kappa shape index (κ2) is 12.7. The number of non-ortho nitro benzene ring substituents is 1. The lowest BCUT2D eigenvalue weighted by molar-refractivity contribution is -0.384. The van der Waals surface area contributed by atoms with E-state index in [0.717, 1.165) is 26.0 Å². The fourth-order valence-electron chi connectivity index (χ4n) is 3.10. The lowest BCUT2D eigenvalue weighted by atomic mass is 10.1. The molecule has 0 atom stereocenters. The number of ether oxygens (including phenoxy) is 3. The van der Waals surface area contributed by atoms with E-state index >= 15 is 0 Å². The molecule has 1 amide bonds. The van der Waals surface area contributed by atoms with Crippen molar-refractivity contribution in [3.63, 3.8) is 0 Å². The van der Waals surface area contributed by atoms with Gasteiger partial charge in [0.15, 0.2) is 11.5 Å². The number of halogens is 1. The predicted octanol–water partition coefficient (Wildman–Crippen LogP) is 4.88. The number of amides is 1. The Balaban J connectivity index is 1.59. The molecule has 0 heterocycles. The summed E-state index contributed by atoms with van der Waals surface area (Å²) in [6, 6.07) is 17.1. The molecule has 0 aliphatic carbocycles. The van der Waals surface area contributed by atoms with Gasteiger partial charge >= 0.3 is 0 Å². The fourth-order valence-corrected chi connectivity index (χ4v) is 3.88. The van der Waals surface area contributed by atoms with Crippen molar-refractivity contribution in [2.45, 2.75) is 20.0 Å². The number of hydrogen-bond donors (Lipinski definition) is 1. The highest BCUT2D eigenvalue weighted by Gasteiger charge is 2.12. The first kappa shape index (κ1) is 25.9. The number of methoxy groups -OCH3 is 1. The van der Waals surface area contributed by atoms with Gasteiger partial charge in [0.25, 0.3) is 5.69 Å². The van der Waals surface area contributed by atoms with Gasteiger partial charge in [0.2, 0.25) is 5.91 Å². The molecule has 3 rings (SSSR count). The van der Waals surface area contributed by atoms with Crippen LogP contribution in [0, 0.1) is 13.7 Å². The van der Waals surface area contributed by atoms with Gasteiger partial charge in [0.1, 0.15) is 12.4 Å². The summed E-state index contributed by atoms with van der Waals surface area (Å²) in [5.41, 5.74) is 4.91. The van der Waals surface area contributed by atoms with Gasteiger partial charge in [-0.15, -0.1) is 0 Å². The van der Waals surface area contributed by atoms with E-state index < -0.39 is 4.92 Å². The lowest BCUT2D eigenvalue weighted by Crippen LogP contribution is -2.19. The average Bonchev–Trinajstić information content (AvgIpc) is 2.84. The minimum Gasteiger partial charge on any atom is -0.494 e. The molecule has 9 nitrogen and oxygen atoms in total. The minimum absolute atomic E-state index is 0.0242. The molecule has 0 aromatic heterocycles. The quantitative estimate of drug-likeness (QED) is 0.148. The lowest BCUT2D eigenvalue weighted by Gasteiger charge is -2.13. The number of carbonyl (C=O) groups is 1. The molecule has 0 bridgehead atoms. The Labute approximate surface area is 216 Å². The van der Waals surface area contributed by atoms with E-state index in [1.807, 2.05) is 37.3 Å². The number of nitro groups is 1. The van der Waals surface area contributed by atoms with Gasteiger partial charge in [-0.25, -0.2) is 5.43 Å². The summed E-state index contributed by atoms with van der Waals surface area (Å²) in [7, 11) is 1.53. The monoisotopic (exact) mass is 589 g/mol. The summed E-state index contributed by atoms with van der Waals surface area (Å²) < 4.78 is 17.6. The topological polar surface area (TPSA) is 112 Å². The van der Waals surface area contributed by atoms with Crippen LogP contribution in [-0.2, 0) is 17.8 Å². The summed E-state index contributed by atoms with van der Waals surface area (Å²) in [6.07, 6.45) is 1.72. The van der Waals surface area contributed by atoms with Crippen LogP contribution in [0.1, 0.15) is 23.6 Å². The summed E-state index contributed by atoms with van der Waals surface area (Å²) in [4.78, 5) is 22.5. The van der Waals surface area contributed by atoms with Crippen molar-refractivity contribution in [3.05, 3.63) is 91.0 Å². The molecule has 0 unspecified atom stereocenters. The van der Waals surface area contributed by atoms with Crippen LogP contribution in [0.5, 0.6) is 17.2 Å². The number of hydrogen-bond acceptors (Lipinski definition) is 7. The van der Waals surface area contributed by atoms with Gasteiger partial charge in [0, 0.05) is 12.1 Å². The number of nitro benzene ring substituents is 1. The summed E-state index contributed by atoms with van der Waals surface area (Å²) in [5.74, 6) is 1.57. The van der Waals surface area contributed by atoms with Crippen LogP contribution in [-0.4, -0.2) is 30.8 Å². The third-order valence-corrected chi connectivity index (χ3v) is 5.59. The molecule has 3 aromatic rings. The van der Waals surface area contributed by atoms with Crippen LogP contribution in [0.3, 0.4) is 0 Å². The van der Waals surface area contributed by atoms with Crippen LogP contribution in [0.4, 0.5) is 5.69 Å². The Morgan fingerprint density at radius 3 is 2.40 bits per heavy atom. The van der Waals surface area contributed by atoms with E-state index in [9.17, 15) is 14.9 Å². The Kier molecular flexibility index (Phi) is 9.41. The molecule has 10 heteroatoms. The molecule has 0 aliphatic rings. The maximum atomic E-state index is 12.2. The Bertz CT molecular complexity index is 1200. The third-order valence-electron chi connectivity index (χ3n) is 4.78. The zero-order valence-electron chi connectivity index (χ0n) is 19.2. The van der Waals surface area contributed by atoms with E-state index in [2.05, 4.69) is 33.1 Å². The van der Waals surface area contributed by atoms with Crippen LogP contribution < -0.4 is 19.6 Å². The second-order valence-corrected chi connectivity index (χ2v) is 8.46. The van der Waals surface area contributed by atoms with Crippen LogP contribution >= 0.6 is 22.6 Å². The molecular formula is C25H24IN3O6. The third kappa shape index (κ3) is 7.67. The normalized spacial score (nSPS) is 10.7. The van der Waals surface area contributed by atoms with E-state index in [4.69, 9.17) is 14.2 Å². The fraction of sp³-hybridized carbons (Fsp3) is 0.200. The molecule has 0 fully saturated rings. The van der Waals surface area contributed by atoms with Crippen molar-refractivity contribution in [1.82, 2.24) is 5.43 Å². The van der Waals surface area contributed by atoms with Gasteiger partial charge in [-0.1, -0.05) is 12.1 Å². The van der Waals surface area contributed by atoms with Crippen molar-refractivity contribution >= 4 is 40.4 Å². The van der Waals surface area contributed by atoms with Gasteiger partial charge in [0.05, 0.1) is 34.8 Å². The molecule has 3 aromatic carbocycles. The largest absolute Gasteiger partial charge is 0.494 e. The van der Waals surface area contributed by atoms with Gasteiger partial charge in [-0.05, 0) is 82.6 Å². The summed E-state index contributed by atoms with van der Waals surface area (Å²) in [5, 5.41) is 14.8. The van der Waals surface area contributed by atoms with E-state index in [0.29, 0.717) is 18.1 Å². The molecule has 1 N–H and O–H groups in total. The van der Waals surface area contributed by atoms with E-state index in [1.165, 1.54) is 25.5 Å². The highest BCUT2D eigenvalue weighted by atomic mass is 127. The summed E-state index contributed by atoms with van der Waals surface area (Å²) in [6.45, 7) is 2.73. The smallest absolute Gasteiger partial charge is 0.269 e. The predicted molar refractivity (Wildman–Crippen MR) is 140 cm³/mol. The van der Waals surface area contributed by atoms with Crippen molar-refractivity contribution < 1.29 is 23.9 Å². The molecule has 0 radical (unpaired) electrons. The molecule has 0 saturated heterocycles. The average molecular weight is 589 g/mol. The van der Waals surface area contributed by atoms with Crippen molar-refractivity contribution in [1.29, 1.82) is 0 Å². The summed E-state index contributed by atoms with van der Waals surface area (Å²) >= 11 is 2.13. The van der Waals surface area contributed by atoms with Gasteiger partial charge < -0.3 is 14.2 Å². The van der Waals surface area contributed by atoms with Gasteiger partial charge in [-0.3, -0.25) is 14.9 Å². The van der Waals surface area contributed by atoms with Crippen molar-refractivity contribution in [2.75, 3.05) is 13.7 Å². The minimum atomic E-state index is -0.445. The maximum absolute atomic E-state index is 12.2. The Morgan fingerprint density at radius 2 is 1.77 bits per heavy atom. The SMILES string of the molecule is CCOc1ccc(CC(=O)N/N=C/c2cc(I)c(OCc3ccc([N+](=O)[O-])cc3)c(OC)c2)cc1. The Hall–Kier alpha value is -3.67. The zero-order valence-corrected chi connectivity index (χ0v) is 21.4. The second-order valence-electron chi connectivity index (χ2n) is 7.29. The van der Waals surface area contributed by atoms with Crippen LogP contribution in [0.15, 0.2) is 65.8 Å². The molecule has 0 saturated carbocycles. The molecule has 0 spiro atoms. The molecular weight excluding hydrogens is 565 g/mol. The van der Waals surface area contributed by atoms with Crippen molar-refractivity contribution in [2.24, 2.45) is 5.10 Å². The number of carbonyl (C=O) groups excluding carboxylic acids is 1. The highest BCUT2D eigenvalue weighted by molar-refractivity contribution is 14.1. The van der Waals surface area contributed by atoms with E-state index in [1.54, 1.807) is 18.2 Å². The first-order chi connectivity index (χ1) is 16.9. The number of nitrogens with one attached hydrogen (secondary N) is 1. The maximum Gasteiger partial charge on any atom is 0.269 e. The number of benzene rings is 3. The molecule has 35 heavy (non-hydrogen) atoms. The first-order valence-corrected chi connectivity index (χ1v) is 11.7.